The van der Waals surface area contributed by atoms with Crippen LogP contribution in [0, 0.1) is 13.8 Å². The number of nitrogens with one attached hydrogen (secondary N) is 1. The van der Waals surface area contributed by atoms with Gasteiger partial charge in [0.1, 0.15) is 4.83 Å². The summed E-state index contributed by atoms with van der Waals surface area (Å²) in [6.45, 7) is 10.7. The first-order valence-corrected chi connectivity index (χ1v) is 11.3. The van der Waals surface area contributed by atoms with Crippen molar-refractivity contribution in [2.24, 2.45) is 0 Å². The van der Waals surface area contributed by atoms with Gasteiger partial charge in [-0.05, 0) is 19.4 Å². The van der Waals surface area contributed by atoms with Crippen LogP contribution in [0.1, 0.15) is 36.9 Å². The third kappa shape index (κ3) is 4.76. The number of thiophene rings is 1. The maximum Gasteiger partial charge on any atom is 0.263 e. The Bertz CT molecular complexity index is 1120. The minimum atomic E-state index is -0.261. The van der Waals surface area contributed by atoms with Crippen molar-refractivity contribution in [3.05, 3.63) is 32.6 Å². The maximum absolute atomic E-state index is 13.1. The topological polar surface area (TPSA) is 99.2 Å². The van der Waals surface area contributed by atoms with E-state index in [9.17, 15) is 9.59 Å². The Kier molecular flexibility index (Phi) is 6.68. The van der Waals surface area contributed by atoms with Gasteiger partial charge in [-0.1, -0.05) is 37.7 Å². The van der Waals surface area contributed by atoms with E-state index >= 15 is 0 Å². The van der Waals surface area contributed by atoms with Crippen LogP contribution in [0.2, 0.25) is 0 Å². The number of aromatic nitrogens is 3. The van der Waals surface area contributed by atoms with E-state index < -0.39 is 0 Å². The molecule has 0 aromatic carbocycles. The molecule has 30 heavy (non-hydrogen) atoms. The van der Waals surface area contributed by atoms with Gasteiger partial charge in [-0.3, -0.25) is 19.5 Å². The molecule has 0 unspecified atom stereocenters. The summed E-state index contributed by atoms with van der Waals surface area (Å²) in [4.78, 5) is 31.9. The van der Waals surface area contributed by atoms with Crippen LogP contribution < -0.4 is 10.9 Å². The molecular weight excluding hydrogens is 424 g/mol. The highest BCUT2D eigenvalue weighted by atomic mass is 32.2. The van der Waals surface area contributed by atoms with Gasteiger partial charge in [0, 0.05) is 23.5 Å². The van der Waals surface area contributed by atoms with Crippen molar-refractivity contribution in [2.75, 3.05) is 24.8 Å². The predicted molar refractivity (Wildman–Crippen MR) is 120 cm³/mol. The Labute approximate surface area is 183 Å². The molecule has 10 heteroatoms. The van der Waals surface area contributed by atoms with Crippen molar-refractivity contribution in [2.45, 2.75) is 51.7 Å². The van der Waals surface area contributed by atoms with Crippen LogP contribution in [0.5, 0.6) is 0 Å². The standard InChI is InChI=1S/C20H26N4O4S2/c1-11-12(2)30-17-16(11)18(26)24(7-8-27-6)19(22-17)29-10-14(25)21-15-9-13(23-28-15)20(3,4)5/h9H,7-8,10H2,1-6H3,(H,21,25). The highest BCUT2D eigenvalue weighted by molar-refractivity contribution is 7.99. The van der Waals surface area contributed by atoms with E-state index in [1.165, 1.54) is 23.1 Å². The van der Waals surface area contributed by atoms with E-state index in [2.05, 4.69) is 15.5 Å². The Balaban J connectivity index is 1.79. The van der Waals surface area contributed by atoms with Crippen molar-refractivity contribution in [1.82, 2.24) is 14.7 Å². The molecule has 0 spiro atoms. The van der Waals surface area contributed by atoms with Gasteiger partial charge in [-0.2, -0.15) is 0 Å². The second-order valence-corrected chi connectivity index (χ2v) is 10.1. The summed E-state index contributed by atoms with van der Waals surface area (Å²) < 4.78 is 11.9. The summed E-state index contributed by atoms with van der Waals surface area (Å²) >= 11 is 2.70. The number of anilines is 1. The molecule has 1 amide bonds. The first kappa shape index (κ1) is 22.5. The molecule has 0 aliphatic heterocycles. The lowest BCUT2D eigenvalue weighted by atomic mass is 9.92. The number of amides is 1. The lowest BCUT2D eigenvalue weighted by Gasteiger charge is -2.12. The number of carbonyl (C=O) groups is 1. The minimum Gasteiger partial charge on any atom is -0.383 e. The van der Waals surface area contributed by atoms with Crippen molar-refractivity contribution in [3.8, 4) is 0 Å². The molecular formula is C20H26N4O4S2. The van der Waals surface area contributed by atoms with Crippen molar-refractivity contribution >= 4 is 45.1 Å². The van der Waals surface area contributed by atoms with Crippen LogP contribution in [0.15, 0.2) is 20.5 Å². The summed E-state index contributed by atoms with van der Waals surface area (Å²) in [6, 6.07) is 1.72. The molecule has 1 N–H and O–H groups in total. The van der Waals surface area contributed by atoms with Gasteiger partial charge in [-0.15, -0.1) is 11.3 Å². The summed E-state index contributed by atoms with van der Waals surface area (Å²) in [5.74, 6) is 0.123. The molecule has 3 aromatic heterocycles. The number of thioether (sulfide) groups is 1. The van der Waals surface area contributed by atoms with E-state index in [1.807, 2.05) is 34.6 Å². The predicted octanol–water partition coefficient (Wildman–Crippen LogP) is 3.74. The van der Waals surface area contributed by atoms with Gasteiger partial charge in [0.15, 0.2) is 5.16 Å². The fourth-order valence-corrected chi connectivity index (χ4v) is 4.69. The molecule has 162 valence electrons. The van der Waals surface area contributed by atoms with Crippen LogP contribution in [0.25, 0.3) is 10.2 Å². The smallest absolute Gasteiger partial charge is 0.263 e. The Hall–Kier alpha value is -2.17. The summed E-state index contributed by atoms with van der Waals surface area (Å²) in [5, 5.41) is 7.83. The molecule has 0 aliphatic carbocycles. The molecule has 0 bridgehead atoms. The van der Waals surface area contributed by atoms with Crippen LogP contribution in [-0.2, 0) is 21.5 Å². The number of rotatable bonds is 7. The van der Waals surface area contributed by atoms with Crippen LogP contribution in [-0.4, -0.2) is 40.1 Å². The summed E-state index contributed by atoms with van der Waals surface area (Å²) in [7, 11) is 1.58. The molecule has 3 heterocycles. The van der Waals surface area contributed by atoms with E-state index in [1.54, 1.807) is 17.7 Å². The lowest BCUT2D eigenvalue weighted by molar-refractivity contribution is -0.113. The number of methoxy groups -OCH3 is 1. The van der Waals surface area contributed by atoms with Crippen LogP contribution in [0.4, 0.5) is 5.88 Å². The van der Waals surface area contributed by atoms with Gasteiger partial charge >= 0.3 is 0 Å². The van der Waals surface area contributed by atoms with E-state index in [4.69, 9.17) is 9.26 Å². The maximum atomic E-state index is 13.1. The molecule has 3 rings (SSSR count). The molecule has 0 radical (unpaired) electrons. The molecule has 0 fully saturated rings. The van der Waals surface area contributed by atoms with E-state index in [-0.39, 0.29) is 22.6 Å². The normalized spacial score (nSPS) is 11.9. The Morgan fingerprint density at radius 1 is 1.37 bits per heavy atom. The highest BCUT2D eigenvalue weighted by Crippen LogP contribution is 2.28. The molecule has 0 saturated heterocycles. The second kappa shape index (κ2) is 8.91. The number of ether oxygens (including phenoxy) is 1. The van der Waals surface area contributed by atoms with Gasteiger partial charge in [-0.25, -0.2) is 4.98 Å². The number of hydrogen-bond acceptors (Lipinski definition) is 8. The lowest BCUT2D eigenvalue weighted by Crippen LogP contribution is -2.26. The quantitative estimate of drug-likeness (QED) is 0.432. The van der Waals surface area contributed by atoms with Crippen molar-refractivity contribution in [1.29, 1.82) is 0 Å². The summed E-state index contributed by atoms with van der Waals surface area (Å²) in [6.07, 6.45) is 0. The third-order valence-corrected chi connectivity index (χ3v) is 6.72. The number of carbonyl (C=O) groups excluding carboxylic acids is 1. The van der Waals surface area contributed by atoms with Gasteiger partial charge in [0.25, 0.3) is 5.56 Å². The number of nitrogens with zero attached hydrogens (tertiary/aromatic N) is 3. The zero-order valence-corrected chi connectivity index (χ0v) is 19.6. The second-order valence-electron chi connectivity index (χ2n) is 7.97. The van der Waals surface area contributed by atoms with Crippen molar-refractivity contribution < 1.29 is 14.1 Å². The average Bonchev–Trinajstić information content (AvgIpc) is 3.24. The first-order valence-electron chi connectivity index (χ1n) is 9.51. The minimum absolute atomic E-state index is 0.0832. The SMILES string of the molecule is COCCn1c(SCC(=O)Nc2cc(C(C)(C)C)no2)nc2sc(C)c(C)c2c1=O. The molecule has 8 nitrogen and oxygen atoms in total. The zero-order chi connectivity index (χ0) is 22.1. The van der Waals surface area contributed by atoms with E-state index in [0.29, 0.717) is 34.4 Å². The fourth-order valence-electron chi connectivity index (χ4n) is 2.79. The molecule has 0 atom stereocenters. The summed E-state index contributed by atoms with van der Waals surface area (Å²) in [5.41, 5.74) is 1.43. The molecule has 0 saturated carbocycles. The molecule has 3 aromatic rings. The van der Waals surface area contributed by atoms with Crippen LogP contribution >= 0.6 is 23.1 Å². The van der Waals surface area contributed by atoms with Crippen molar-refractivity contribution in [3.63, 3.8) is 0 Å². The largest absolute Gasteiger partial charge is 0.383 e. The fraction of sp³-hybridized carbons (Fsp3) is 0.500. The van der Waals surface area contributed by atoms with Gasteiger partial charge in [0.2, 0.25) is 11.8 Å². The molecule has 0 aliphatic rings. The van der Waals surface area contributed by atoms with E-state index in [0.717, 1.165) is 16.1 Å². The zero-order valence-electron chi connectivity index (χ0n) is 18.0. The van der Waals surface area contributed by atoms with Crippen LogP contribution in [0.3, 0.4) is 0 Å². The number of hydrogen-bond donors (Lipinski definition) is 1. The highest BCUT2D eigenvalue weighted by Gasteiger charge is 2.21. The first-order chi connectivity index (χ1) is 14.1. The van der Waals surface area contributed by atoms with Gasteiger partial charge in [0.05, 0.1) is 30.0 Å². The Morgan fingerprint density at radius 2 is 2.10 bits per heavy atom. The van der Waals surface area contributed by atoms with Gasteiger partial charge < -0.3 is 9.26 Å². The number of fused-ring (bicyclic) bond motifs is 1. The Morgan fingerprint density at radius 3 is 2.73 bits per heavy atom. The average molecular weight is 451 g/mol. The monoisotopic (exact) mass is 450 g/mol. The third-order valence-electron chi connectivity index (χ3n) is 4.65. The number of aryl methyl sites for hydroxylation is 2.